The van der Waals surface area contributed by atoms with Crippen LogP contribution in [0.2, 0.25) is 5.02 Å². The third-order valence-corrected chi connectivity index (χ3v) is 5.42. The predicted octanol–water partition coefficient (Wildman–Crippen LogP) is 3.69. The average Bonchev–Trinajstić information content (AvgIpc) is 2.57. The van der Waals surface area contributed by atoms with Gasteiger partial charge in [0.05, 0.1) is 7.05 Å². The van der Waals surface area contributed by atoms with Crippen molar-refractivity contribution in [3.63, 3.8) is 0 Å². The second-order valence-electron chi connectivity index (χ2n) is 6.35. The summed E-state index contributed by atoms with van der Waals surface area (Å²) in [5.41, 5.74) is 3.43. The molecule has 1 atom stereocenters. The average molecular weight is 375 g/mol. The molecule has 0 radical (unpaired) electrons. The minimum atomic E-state index is -0.318. The number of hydrogen-bond donors (Lipinski definition) is 1. The molecule has 3 nitrogen and oxygen atoms in total. The normalized spacial score (nSPS) is 12.5. The summed E-state index contributed by atoms with van der Waals surface area (Å²) in [6.45, 7) is 3.52. The van der Waals surface area contributed by atoms with E-state index in [1.165, 1.54) is 15.4 Å². The largest absolute Gasteiger partial charge is 0.423 e. The molecule has 25 heavy (non-hydrogen) atoms. The number of quaternary nitrogens is 1. The summed E-state index contributed by atoms with van der Waals surface area (Å²) >= 11 is 8.01. The van der Waals surface area contributed by atoms with Crippen LogP contribution >= 0.6 is 23.4 Å². The highest BCUT2D eigenvalue weighted by Crippen LogP contribution is 2.24. The highest BCUT2D eigenvalue weighted by Gasteiger charge is 2.13. The van der Waals surface area contributed by atoms with Crippen molar-refractivity contribution in [1.82, 2.24) is 0 Å². The molecule has 0 aliphatic heterocycles. The van der Waals surface area contributed by atoms with Gasteiger partial charge in [-0.25, -0.2) is 4.79 Å². The first-order chi connectivity index (χ1) is 12.0. The standard InChI is InChI=1S/C20H20ClNO2S/c1-13-8-19-17(10-18(13)21)15(9-20(23)24-19)12-22(2)11-14-4-6-16(25-3)7-5-14/h4-10H,11-12H2,1-3H3/p+1. The van der Waals surface area contributed by atoms with Crippen molar-refractivity contribution in [2.24, 2.45) is 0 Å². The molecule has 0 amide bonds. The monoisotopic (exact) mass is 374 g/mol. The van der Waals surface area contributed by atoms with Crippen LogP contribution in [0, 0.1) is 6.92 Å². The molecular formula is C20H21ClNO2S+. The minimum absolute atomic E-state index is 0.318. The SMILES string of the molecule is CSc1ccc(C[NH+](C)Cc2cc(=O)oc3cc(C)c(Cl)cc23)cc1. The second-order valence-corrected chi connectivity index (χ2v) is 7.63. The van der Waals surface area contributed by atoms with Gasteiger partial charge in [-0.15, -0.1) is 11.8 Å². The Morgan fingerprint density at radius 1 is 1.12 bits per heavy atom. The Bertz CT molecular complexity index is 950. The molecule has 0 saturated carbocycles. The number of hydrogen-bond acceptors (Lipinski definition) is 3. The zero-order valence-electron chi connectivity index (χ0n) is 14.6. The van der Waals surface area contributed by atoms with Gasteiger partial charge in [0.25, 0.3) is 0 Å². The fraction of sp³-hybridized carbons (Fsp3) is 0.250. The molecule has 0 spiro atoms. The van der Waals surface area contributed by atoms with Gasteiger partial charge in [-0.3, -0.25) is 0 Å². The maximum absolute atomic E-state index is 11.9. The van der Waals surface area contributed by atoms with E-state index in [2.05, 4.69) is 37.6 Å². The van der Waals surface area contributed by atoms with Gasteiger partial charge in [-0.2, -0.15) is 0 Å². The summed E-state index contributed by atoms with van der Waals surface area (Å²) in [6.07, 6.45) is 2.07. The maximum Gasteiger partial charge on any atom is 0.336 e. The third-order valence-electron chi connectivity index (χ3n) is 4.27. The molecule has 0 fully saturated rings. The third kappa shape index (κ3) is 4.27. The van der Waals surface area contributed by atoms with E-state index in [4.69, 9.17) is 16.0 Å². The van der Waals surface area contributed by atoms with Crippen LogP contribution in [0.1, 0.15) is 16.7 Å². The van der Waals surface area contributed by atoms with Gasteiger partial charge < -0.3 is 9.32 Å². The van der Waals surface area contributed by atoms with Crippen LogP contribution in [-0.2, 0) is 13.1 Å². The van der Waals surface area contributed by atoms with Gasteiger partial charge in [0.2, 0.25) is 0 Å². The van der Waals surface area contributed by atoms with Crippen LogP contribution < -0.4 is 10.5 Å². The molecule has 3 rings (SSSR count). The van der Waals surface area contributed by atoms with E-state index in [1.54, 1.807) is 17.8 Å². The Morgan fingerprint density at radius 2 is 1.84 bits per heavy atom. The number of benzene rings is 2. The van der Waals surface area contributed by atoms with Crippen molar-refractivity contribution in [3.05, 3.63) is 74.6 Å². The highest BCUT2D eigenvalue weighted by atomic mass is 35.5. The van der Waals surface area contributed by atoms with Crippen LogP contribution in [0.25, 0.3) is 11.0 Å². The second kappa shape index (κ2) is 7.65. The summed E-state index contributed by atoms with van der Waals surface area (Å²) < 4.78 is 5.34. The Balaban J connectivity index is 1.86. The minimum Gasteiger partial charge on any atom is -0.423 e. The summed E-state index contributed by atoms with van der Waals surface area (Å²) in [7, 11) is 2.12. The molecule has 0 bridgehead atoms. The van der Waals surface area contributed by atoms with Gasteiger partial charge in [0, 0.05) is 32.5 Å². The number of rotatable bonds is 5. The first-order valence-electron chi connectivity index (χ1n) is 8.13. The van der Waals surface area contributed by atoms with Gasteiger partial charge in [0.1, 0.15) is 18.7 Å². The Labute approximate surface area is 156 Å². The zero-order chi connectivity index (χ0) is 18.0. The number of aryl methyl sites for hydroxylation is 1. The molecule has 5 heteroatoms. The molecule has 1 N–H and O–H groups in total. The van der Waals surface area contributed by atoms with Crippen LogP contribution in [0.15, 0.2) is 56.6 Å². The number of halogens is 1. The number of nitrogens with one attached hydrogen (secondary N) is 1. The topological polar surface area (TPSA) is 34.7 Å². The zero-order valence-corrected chi connectivity index (χ0v) is 16.1. The molecule has 0 saturated heterocycles. The van der Waals surface area contributed by atoms with E-state index < -0.39 is 0 Å². The van der Waals surface area contributed by atoms with Crippen molar-refractivity contribution in [2.75, 3.05) is 13.3 Å². The van der Waals surface area contributed by atoms with Gasteiger partial charge >= 0.3 is 5.63 Å². The summed E-state index contributed by atoms with van der Waals surface area (Å²) in [5, 5.41) is 1.60. The number of fused-ring (bicyclic) bond motifs is 1. The predicted molar refractivity (Wildman–Crippen MR) is 105 cm³/mol. The van der Waals surface area contributed by atoms with Crippen molar-refractivity contribution < 1.29 is 9.32 Å². The Hall–Kier alpha value is -1.75. The lowest BCUT2D eigenvalue weighted by Crippen LogP contribution is -3.06. The summed E-state index contributed by atoms with van der Waals surface area (Å²) in [6, 6.07) is 13.9. The van der Waals surface area contributed by atoms with Crippen LogP contribution in [0.3, 0.4) is 0 Å². The lowest BCUT2D eigenvalue weighted by Gasteiger charge is -2.15. The molecule has 0 aliphatic rings. The van der Waals surface area contributed by atoms with Crippen molar-refractivity contribution in [1.29, 1.82) is 0 Å². The van der Waals surface area contributed by atoms with Crippen LogP contribution in [0.4, 0.5) is 0 Å². The Morgan fingerprint density at radius 3 is 2.52 bits per heavy atom. The van der Waals surface area contributed by atoms with Gasteiger partial charge in [0.15, 0.2) is 0 Å². The highest BCUT2D eigenvalue weighted by molar-refractivity contribution is 7.98. The lowest BCUT2D eigenvalue weighted by atomic mass is 10.1. The van der Waals surface area contributed by atoms with E-state index in [0.717, 1.165) is 29.6 Å². The van der Waals surface area contributed by atoms with E-state index >= 15 is 0 Å². The molecule has 1 heterocycles. The van der Waals surface area contributed by atoms with Crippen molar-refractivity contribution in [2.45, 2.75) is 24.9 Å². The molecular weight excluding hydrogens is 354 g/mol. The quantitative estimate of drug-likeness (QED) is 0.546. The fourth-order valence-electron chi connectivity index (χ4n) is 2.97. The lowest BCUT2D eigenvalue weighted by molar-refractivity contribution is -0.907. The molecule has 3 aromatic rings. The molecule has 1 unspecified atom stereocenters. The van der Waals surface area contributed by atoms with Gasteiger partial charge in [-0.05, 0) is 43.0 Å². The number of thioether (sulfide) groups is 1. The van der Waals surface area contributed by atoms with E-state index in [1.807, 2.05) is 19.1 Å². The Kier molecular flexibility index (Phi) is 5.52. The molecule has 130 valence electrons. The van der Waals surface area contributed by atoms with E-state index in [0.29, 0.717) is 10.6 Å². The first kappa shape index (κ1) is 18.1. The van der Waals surface area contributed by atoms with Crippen LogP contribution in [-0.4, -0.2) is 13.3 Å². The summed E-state index contributed by atoms with van der Waals surface area (Å²) in [5.74, 6) is 0. The van der Waals surface area contributed by atoms with Gasteiger partial charge in [-0.1, -0.05) is 23.7 Å². The van der Waals surface area contributed by atoms with E-state index in [-0.39, 0.29) is 5.63 Å². The van der Waals surface area contributed by atoms with Crippen molar-refractivity contribution in [3.8, 4) is 0 Å². The van der Waals surface area contributed by atoms with E-state index in [9.17, 15) is 4.79 Å². The van der Waals surface area contributed by atoms with Crippen molar-refractivity contribution >= 4 is 34.3 Å². The molecule has 2 aromatic carbocycles. The fourth-order valence-corrected chi connectivity index (χ4v) is 3.55. The smallest absolute Gasteiger partial charge is 0.336 e. The first-order valence-corrected chi connectivity index (χ1v) is 9.73. The molecule has 0 aliphatic carbocycles. The van der Waals surface area contributed by atoms with Crippen LogP contribution in [0.5, 0.6) is 0 Å². The maximum atomic E-state index is 11.9. The molecule has 1 aromatic heterocycles. The summed E-state index contributed by atoms with van der Waals surface area (Å²) in [4.78, 5) is 14.5.